The molecule has 1 N–H and O–H groups in total. The minimum Gasteiger partial charge on any atom is -0.507 e. The lowest BCUT2D eigenvalue weighted by molar-refractivity contribution is -0.132. The van der Waals surface area contributed by atoms with Gasteiger partial charge in [0.25, 0.3) is 11.7 Å². The third-order valence-corrected chi connectivity index (χ3v) is 6.81. The first-order valence-electron chi connectivity index (χ1n) is 12.5. The molecule has 1 aliphatic rings. The first kappa shape index (κ1) is 24.3. The lowest BCUT2D eigenvalue weighted by Gasteiger charge is -2.26. The van der Waals surface area contributed by atoms with Crippen LogP contribution < -0.4 is 9.64 Å². The van der Waals surface area contributed by atoms with Crippen molar-refractivity contribution in [2.45, 2.75) is 32.7 Å². The molecule has 1 amide bonds. The van der Waals surface area contributed by atoms with Crippen molar-refractivity contribution in [3.63, 3.8) is 0 Å². The minimum absolute atomic E-state index is 0.0583. The van der Waals surface area contributed by atoms with Crippen molar-refractivity contribution in [2.75, 3.05) is 11.5 Å². The van der Waals surface area contributed by atoms with Crippen LogP contribution in [0.3, 0.4) is 0 Å². The van der Waals surface area contributed by atoms with Gasteiger partial charge < -0.3 is 9.84 Å². The van der Waals surface area contributed by atoms with E-state index < -0.39 is 17.7 Å². The number of carbonyl (C=O) groups is 2. The van der Waals surface area contributed by atoms with Gasteiger partial charge in [-0.3, -0.25) is 14.5 Å². The second kappa shape index (κ2) is 9.94. The summed E-state index contributed by atoms with van der Waals surface area (Å²) < 4.78 is 5.71. The van der Waals surface area contributed by atoms with E-state index in [2.05, 4.69) is 13.8 Å². The lowest BCUT2D eigenvalue weighted by Crippen LogP contribution is -2.29. The number of nitrogens with zero attached hydrogens (tertiary/aromatic N) is 1. The standard InChI is InChI=1S/C32H29NO4/c1-4-37-25-12-7-11-23(19-25)29-28(30(34)27-14-8-10-22-9-5-6-13-26(22)27)31(35)32(36)33(29)24-17-15-21(16-18-24)20(2)3/h5-20,29,34H,4H2,1-3H3/b30-28-. The maximum absolute atomic E-state index is 13.6. The van der Waals surface area contributed by atoms with Crippen LogP contribution in [0.25, 0.3) is 16.5 Å². The SMILES string of the molecule is CCOc1cccc(C2/C(=C(/O)c3cccc4ccccc34)C(=O)C(=O)N2c2ccc(C(C)C)cc2)c1. The molecular formula is C32H29NO4. The zero-order valence-corrected chi connectivity index (χ0v) is 21.1. The van der Waals surface area contributed by atoms with E-state index in [0.29, 0.717) is 35.1 Å². The van der Waals surface area contributed by atoms with Crippen molar-refractivity contribution in [1.29, 1.82) is 0 Å². The summed E-state index contributed by atoms with van der Waals surface area (Å²) in [6.07, 6.45) is 0. The number of hydrogen-bond donors (Lipinski definition) is 1. The van der Waals surface area contributed by atoms with E-state index >= 15 is 0 Å². The summed E-state index contributed by atoms with van der Waals surface area (Å²) in [5, 5.41) is 13.4. The van der Waals surface area contributed by atoms with Gasteiger partial charge in [-0.25, -0.2) is 0 Å². The van der Waals surface area contributed by atoms with Gasteiger partial charge in [-0.1, -0.05) is 80.6 Å². The van der Waals surface area contributed by atoms with Gasteiger partial charge in [-0.2, -0.15) is 0 Å². The van der Waals surface area contributed by atoms with Crippen molar-refractivity contribution < 1.29 is 19.4 Å². The Labute approximate surface area is 216 Å². The van der Waals surface area contributed by atoms with Gasteiger partial charge in [0.05, 0.1) is 18.2 Å². The number of fused-ring (bicyclic) bond motifs is 1. The van der Waals surface area contributed by atoms with Crippen molar-refractivity contribution in [3.8, 4) is 5.75 Å². The molecule has 1 unspecified atom stereocenters. The summed E-state index contributed by atoms with van der Waals surface area (Å²) in [7, 11) is 0. The molecule has 0 aromatic heterocycles. The highest BCUT2D eigenvalue weighted by atomic mass is 16.5. The van der Waals surface area contributed by atoms with Gasteiger partial charge in [0.1, 0.15) is 11.5 Å². The van der Waals surface area contributed by atoms with Gasteiger partial charge >= 0.3 is 0 Å². The average molecular weight is 492 g/mol. The molecule has 37 heavy (non-hydrogen) atoms. The van der Waals surface area contributed by atoms with Crippen LogP contribution in [0.4, 0.5) is 5.69 Å². The monoisotopic (exact) mass is 491 g/mol. The normalized spacial score (nSPS) is 17.1. The minimum atomic E-state index is -0.815. The number of anilines is 1. The van der Waals surface area contributed by atoms with Gasteiger partial charge in [0.2, 0.25) is 0 Å². The Hall–Kier alpha value is -4.38. The number of aliphatic hydroxyl groups excluding tert-OH is 1. The third-order valence-electron chi connectivity index (χ3n) is 6.81. The number of ketones is 1. The summed E-state index contributed by atoms with van der Waals surface area (Å²) >= 11 is 0. The third kappa shape index (κ3) is 4.38. The van der Waals surface area contributed by atoms with Gasteiger partial charge in [0, 0.05) is 11.3 Å². The number of carbonyl (C=O) groups excluding carboxylic acids is 2. The molecule has 1 atom stereocenters. The molecule has 4 aromatic rings. The molecule has 1 heterocycles. The van der Waals surface area contributed by atoms with E-state index in [4.69, 9.17) is 4.74 Å². The number of amides is 1. The molecule has 186 valence electrons. The summed E-state index contributed by atoms with van der Waals surface area (Å²) in [6.45, 7) is 6.58. The van der Waals surface area contributed by atoms with Gasteiger partial charge in [0.15, 0.2) is 0 Å². The molecule has 5 rings (SSSR count). The molecule has 0 spiro atoms. The molecule has 0 aliphatic carbocycles. The highest BCUT2D eigenvalue weighted by molar-refractivity contribution is 6.51. The van der Waals surface area contributed by atoms with Gasteiger partial charge in [-0.15, -0.1) is 0 Å². The second-order valence-electron chi connectivity index (χ2n) is 9.45. The van der Waals surface area contributed by atoms with Gasteiger partial charge in [-0.05, 0) is 59.0 Å². The van der Waals surface area contributed by atoms with Crippen molar-refractivity contribution >= 4 is 33.9 Å². The summed E-state index contributed by atoms with van der Waals surface area (Å²) in [6, 6.07) is 27.4. The van der Waals surface area contributed by atoms with E-state index in [9.17, 15) is 14.7 Å². The topological polar surface area (TPSA) is 66.8 Å². The Bertz CT molecular complexity index is 1510. The van der Waals surface area contributed by atoms with Crippen LogP contribution in [0.2, 0.25) is 0 Å². The predicted octanol–water partition coefficient (Wildman–Crippen LogP) is 6.99. The maximum Gasteiger partial charge on any atom is 0.300 e. The fourth-order valence-corrected chi connectivity index (χ4v) is 4.95. The van der Waals surface area contributed by atoms with Crippen LogP contribution in [-0.2, 0) is 9.59 Å². The molecule has 0 radical (unpaired) electrons. The lowest BCUT2D eigenvalue weighted by atomic mass is 9.93. The number of benzene rings is 4. The molecule has 4 aromatic carbocycles. The molecule has 0 bridgehead atoms. The summed E-state index contributed by atoms with van der Waals surface area (Å²) in [4.78, 5) is 28.6. The zero-order valence-electron chi connectivity index (χ0n) is 21.1. The maximum atomic E-state index is 13.6. The summed E-state index contributed by atoms with van der Waals surface area (Å²) in [5.74, 6) is -0.625. The Morgan fingerprint density at radius 3 is 2.35 bits per heavy atom. The smallest absolute Gasteiger partial charge is 0.300 e. The average Bonchev–Trinajstić information content (AvgIpc) is 3.18. The predicted molar refractivity (Wildman–Crippen MR) is 147 cm³/mol. The molecule has 1 saturated heterocycles. The van der Waals surface area contributed by atoms with E-state index in [1.165, 1.54) is 4.90 Å². The van der Waals surface area contributed by atoms with Crippen LogP contribution >= 0.6 is 0 Å². The van der Waals surface area contributed by atoms with Crippen LogP contribution in [0, 0.1) is 0 Å². The quantitative estimate of drug-likeness (QED) is 0.179. The Morgan fingerprint density at radius 1 is 0.919 bits per heavy atom. The first-order chi connectivity index (χ1) is 17.9. The van der Waals surface area contributed by atoms with E-state index in [0.717, 1.165) is 16.3 Å². The first-order valence-corrected chi connectivity index (χ1v) is 12.5. The molecule has 5 nitrogen and oxygen atoms in total. The van der Waals surface area contributed by atoms with Crippen molar-refractivity contribution in [2.24, 2.45) is 0 Å². The van der Waals surface area contributed by atoms with Crippen LogP contribution in [0.1, 0.15) is 49.4 Å². The number of rotatable bonds is 6. The Balaban J connectivity index is 1.74. The van der Waals surface area contributed by atoms with Crippen LogP contribution in [0.15, 0.2) is 96.6 Å². The van der Waals surface area contributed by atoms with E-state index in [-0.39, 0.29) is 11.3 Å². The molecular weight excluding hydrogens is 462 g/mol. The highest BCUT2D eigenvalue weighted by Crippen LogP contribution is 2.43. The fraction of sp³-hybridized carbons (Fsp3) is 0.188. The van der Waals surface area contributed by atoms with E-state index in [1.54, 1.807) is 6.07 Å². The number of ether oxygens (including phenoxy) is 1. The second-order valence-corrected chi connectivity index (χ2v) is 9.45. The molecule has 1 fully saturated rings. The number of Topliss-reactive ketones (excluding diaryl/α,β-unsaturated/α-hetero) is 1. The number of aliphatic hydroxyl groups is 1. The molecule has 0 saturated carbocycles. The molecule has 1 aliphatic heterocycles. The van der Waals surface area contributed by atoms with E-state index in [1.807, 2.05) is 91.9 Å². The number of hydrogen-bond acceptors (Lipinski definition) is 4. The largest absolute Gasteiger partial charge is 0.507 e. The van der Waals surface area contributed by atoms with Crippen molar-refractivity contribution in [1.82, 2.24) is 0 Å². The van der Waals surface area contributed by atoms with Crippen LogP contribution in [0.5, 0.6) is 5.75 Å². The highest BCUT2D eigenvalue weighted by Gasteiger charge is 2.47. The fourth-order valence-electron chi connectivity index (χ4n) is 4.95. The Kier molecular flexibility index (Phi) is 6.53. The zero-order chi connectivity index (χ0) is 26.1. The van der Waals surface area contributed by atoms with Crippen LogP contribution in [-0.4, -0.2) is 23.4 Å². The Morgan fingerprint density at radius 2 is 1.62 bits per heavy atom. The molecule has 5 heteroatoms. The van der Waals surface area contributed by atoms with Crippen molar-refractivity contribution in [3.05, 3.63) is 113 Å². The summed E-state index contributed by atoms with van der Waals surface area (Å²) in [5.41, 5.74) is 2.97.